The van der Waals surface area contributed by atoms with Crippen LogP contribution in [0, 0.1) is 12.7 Å². The Balaban J connectivity index is 1.85. The molecule has 0 fully saturated rings. The number of esters is 2. The van der Waals surface area contributed by atoms with Gasteiger partial charge in [-0.2, -0.15) is 0 Å². The zero-order valence-corrected chi connectivity index (χ0v) is 17.8. The van der Waals surface area contributed by atoms with E-state index in [0.29, 0.717) is 16.9 Å². The normalized spacial score (nSPS) is 10.7. The van der Waals surface area contributed by atoms with Gasteiger partial charge in [0.05, 0.1) is 24.3 Å². The third kappa shape index (κ3) is 4.97. The fraction of sp³-hybridized carbons (Fsp3) is 0.238. The first-order valence-electron chi connectivity index (χ1n) is 9.35. The van der Waals surface area contributed by atoms with Crippen LogP contribution < -0.4 is 5.32 Å². The van der Waals surface area contributed by atoms with E-state index in [0.717, 1.165) is 11.3 Å². The molecule has 3 rings (SSSR count). The lowest BCUT2D eigenvalue weighted by Gasteiger charge is -2.06. The second kappa shape index (κ2) is 9.52. The molecule has 0 aliphatic carbocycles. The summed E-state index contributed by atoms with van der Waals surface area (Å²) in [6.45, 7) is 6.88. The van der Waals surface area contributed by atoms with Crippen molar-refractivity contribution in [3.63, 3.8) is 0 Å². The van der Waals surface area contributed by atoms with Gasteiger partial charge in [-0.15, -0.1) is 11.3 Å². The van der Waals surface area contributed by atoms with Crippen molar-refractivity contribution in [2.24, 2.45) is 0 Å². The minimum atomic E-state index is -0.655. The van der Waals surface area contributed by atoms with Gasteiger partial charge in [-0.1, -0.05) is 12.7 Å². The molecule has 0 saturated heterocycles. The average Bonchev–Trinajstić information content (AvgIpc) is 3.25. The molecule has 3 heterocycles. The molecular formula is C21H20FN3O5S. The summed E-state index contributed by atoms with van der Waals surface area (Å²) in [5.41, 5.74) is 1.37. The molecule has 10 heteroatoms. The van der Waals surface area contributed by atoms with Crippen LogP contribution in [0.15, 0.2) is 37.2 Å². The standard InChI is InChI=1S/C21H20FN3O5S/c1-4-8-30-21(28)18-12(3)17(20(27)29-5-2)19(31-18)24-16(26)9-14-11-25-10-13(22)6-7-15(25)23-14/h4,6-7,10-11H,1,5,8-9H2,2-3H3,(H,24,26). The van der Waals surface area contributed by atoms with Crippen LogP contribution in [0.4, 0.5) is 9.39 Å². The summed E-state index contributed by atoms with van der Waals surface area (Å²) in [5.74, 6) is -2.17. The molecule has 8 nitrogen and oxygen atoms in total. The minimum absolute atomic E-state index is 0.0150. The third-order valence-corrected chi connectivity index (χ3v) is 5.39. The van der Waals surface area contributed by atoms with Crippen molar-refractivity contribution in [1.82, 2.24) is 9.38 Å². The molecule has 0 spiro atoms. The van der Waals surface area contributed by atoms with E-state index in [2.05, 4.69) is 16.9 Å². The number of hydrogen-bond donors (Lipinski definition) is 1. The van der Waals surface area contributed by atoms with Crippen molar-refractivity contribution < 1.29 is 28.2 Å². The summed E-state index contributed by atoms with van der Waals surface area (Å²) in [6, 6.07) is 2.78. The Morgan fingerprint density at radius 2 is 2.03 bits per heavy atom. The Bertz CT molecular complexity index is 1170. The highest BCUT2D eigenvalue weighted by Crippen LogP contribution is 2.34. The number of anilines is 1. The molecule has 31 heavy (non-hydrogen) atoms. The lowest BCUT2D eigenvalue weighted by molar-refractivity contribution is -0.115. The number of imidazole rings is 1. The molecule has 0 bridgehead atoms. The van der Waals surface area contributed by atoms with E-state index < -0.39 is 23.7 Å². The SMILES string of the molecule is C=CCOC(=O)c1sc(NC(=O)Cc2cn3cc(F)ccc3n2)c(C(=O)OCC)c1C. The van der Waals surface area contributed by atoms with Crippen LogP contribution in [0.25, 0.3) is 5.65 Å². The number of pyridine rings is 1. The number of carbonyl (C=O) groups excluding carboxylic acids is 3. The summed E-state index contributed by atoms with van der Waals surface area (Å²) < 4.78 is 25.0. The van der Waals surface area contributed by atoms with Crippen molar-refractivity contribution in [2.75, 3.05) is 18.5 Å². The molecule has 0 aromatic carbocycles. The molecule has 0 saturated carbocycles. The second-order valence-corrected chi connectivity index (χ2v) is 7.46. The summed E-state index contributed by atoms with van der Waals surface area (Å²) in [5, 5.41) is 2.84. The molecule has 0 atom stereocenters. The van der Waals surface area contributed by atoms with Crippen molar-refractivity contribution in [2.45, 2.75) is 20.3 Å². The Morgan fingerprint density at radius 1 is 1.26 bits per heavy atom. The fourth-order valence-electron chi connectivity index (χ4n) is 2.88. The van der Waals surface area contributed by atoms with Gasteiger partial charge in [0.1, 0.15) is 27.9 Å². The fourth-order valence-corrected chi connectivity index (χ4v) is 3.99. The number of ether oxygens (including phenoxy) is 2. The van der Waals surface area contributed by atoms with Gasteiger partial charge in [0.2, 0.25) is 5.91 Å². The van der Waals surface area contributed by atoms with E-state index >= 15 is 0 Å². The van der Waals surface area contributed by atoms with Crippen molar-refractivity contribution in [1.29, 1.82) is 0 Å². The Labute approximate surface area is 181 Å². The van der Waals surface area contributed by atoms with Gasteiger partial charge in [-0.05, 0) is 31.5 Å². The maximum Gasteiger partial charge on any atom is 0.348 e. The largest absolute Gasteiger partial charge is 0.462 e. The van der Waals surface area contributed by atoms with E-state index in [1.54, 1.807) is 20.0 Å². The van der Waals surface area contributed by atoms with Crippen LogP contribution in [-0.4, -0.2) is 40.4 Å². The highest BCUT2D eigenvalue weighted by atomic mass is 32.1. The Hall–Kier alpha value is -3.53. The number of halogens is 1. The zero-order valence-electron chi connectivity index (χ0n) is 16.9. The Kier molecular flexibility index (Phi) is 6.81. The van der Waals surface area contributed by atoms with Gasteiger partial charge >= 0.3 is 11.9 Å². The zero-order chi connectivity index (χ0) is 22.5. The Morgan fingerprint density at radius 3 is 2.74 bits per heavy atom. The maximum absolute atomic E-state index is 13.3. The van der Waals surface area contributed by atoms with Gasteiger partial charge in [0, 0.05) is 12.4 Å². The molecule has 3 aromatic rings. The number of nitrogens with one attached hydrogen (secondary N) is 1. The first-order chi connectivity index (χ1) is 14.8. The molecule has 1 N–H and O–H groups in total. The highest BCUT2D eigenvalue weighted by Gasteiger charge is 2.27. The molecule has 0 aliphatic heterocycles. The van der Waals surface area contributed by atoms with E-state index in [9.17, 15) is 18.8 Å². The van der Waals surface area contributed by atoms with Crippen LogP contribution in [0.3, 0.4) is 0 Å². The monoisotopic (exact) mass is 445 g/mol. The number of fused-ring (bicyclic) bond motifs is 1. The van der Waals surface area contributed by atoms with Crippen molar-refractivity contribution >= 4 is 39.8 Å². The van der Waals surface area contributed by atoms with Gasteiger partial charge in [0.15, 0.2) is 0 Å². The van der Waals surface area contributed by atoms with Crippen LogP contribution in [-0.2, 0) is 20.7 Å². The van der Waals surface area contributed by atoms with Crippen LogP contribution in [0.2, 0.25) is 0 Å². The minimum Gasteiger partial charge on any atom is -0.462 e. The van der Waals surface area contributed by atoms with Crippen LogP contribution in [0.5, 0.6) is 0 Å². The smallest absolute Gasteiger partial charge is 0.348 e. The molecule has 162 valence electrons. The quantitative estimate of drug-likeness (QED) is 0.421. The highest BCUT2D eigenvalue weighted by molar-refractivity contribution is 7.18. The van der Waals surface area contributed by atoms with Crippen molar-refractivity contribution in [3.8, 4) is 0 Å². The molecule has 0 unspecified atom stereocenters. The second-order valence-electron chi connectivity index (χ2n) is 6.44. The summed E-state index contributed by atoms with van der Waals surface area (Å²) in [6.07, 6.45) is 4.11. The van der Waals surface area contributed by atoms with Gasteiger partial charge in [0.25, 0.3) is 0 Å². The van der Waals surface area contributed by atoms with Gasteiger partial charge in [-0.3, -0.25) is 4.79 Å². The third-order valence-electron chi connectivity index (χ3n) is 4.20. The number of carbonyl (C=O) groups is 3. The molecule has 0 aliphatic rings. The molecule has 1 amide bonds. The lowest BCUT2D eigenvalue weighted by atomic mass is 10.1. The number of rotatable bonds is 8. The van der Waals surface area contributed by atoms with E-state index in [-0.39, 0.29) is 35.1 Å². The summed E-state index contributed by atoms with van der Waals surface area (Å²) in [7, 11) is 0. The van der Waals surface area contributed by atoms with Gasteiger partial charge in [-0.25, -0.2) is 19.0 Å². The van der Waals surface area contributed by atoms with Crippen LogP contribution in [0.1, 0.15) is 38.2 Å². The average molecular weight is 445 g/mol. The van der Waals surface area contributed by atoms with Gasteiger partial charge < -0.3 is 19.2 Å². The molecule has 3 aromatic heterocycles. The molecular weight excluding hydrogens is 425 g/mol. The predicted octanol–water partition coefficient (Wildman–Crippen LogP) is 3.54. The van der Waals surface area contributed by atoms with Crippen LogP contribution >= 0.6 is 11.3 Å². The predicted molar refractivity (Wildman–Crippen MR) is 113 cm³/mol. The number of thiophene rings is 1. The van der Waals surface area contributed by atoms with E-state index in [1.807, 2.05) is 0 Å². The van der Waals surface area contributed by atoms with E-state index in [4.69, 9.17) is 9.47 Å². The number of amides is 1. The number of nitrogens with zero attached hydrogens (tertiary/aromatic N) is 2. The first kappa shape index (κ1) is 22.2. The van der Waals surface area contributed by atoms with E-state index in [1.165, 1.54) is 28.8 Å². The number of hydrogen-bond acceptors (Lipinski definition) is 7. The summed E-state index contributed by atoms with van der Waals surface area (Å²) >= 11 is 0.928. The first-order valence-corrected chi connectivity index (χ1v) is 10.2. The topological polar surface area (TPSA) is 99.0 Å². The lowest BCUT2D eigenvalue weighted by Crippen LogP contribution is -2.16. The summed E-state index contributed by atoms with van der Waals surface area (Å²) in [4.78, 5) is 41.8. The maximum atomic E-state index is 13.3. The number of aromatic nitrogens is 2. The molecule has 0 radical (unpaired) electrons. The van der Waals surface area contributed by atoms with Crippen molar-refractivity contribution in [3.05, 3.63) is 64.7 Å².